The maximum Gasteiger partial charge on any atom is 0.0931 e. The number of hydrogen-bond donors (Lipinski definition) is 1. The van der Waals surface area contributed by atoms with E-state index in [0.717, 1.165) is 24.0 Å². The van der Waals surface area contributed by atoms with Gasteiger partial charge in [-0.2, -0.15) is 0 Å². The standard InChI is InChI=1S/C10H15ClN2S/c1-13(8-4-5-12-6-8)7-9-2-3-10(11)14-9/h2-3,8,12H,4-7H2,1H3. The topological polar surface area (TPSA) is 15.3 Å². The Morgan fingerprint density at radius 1 is 1.64 bits per heavy atom. The Bertz CT molecular complexity index is 294. The first-order valence-corrected chi connectivity index (χ1v) is 6.10. The predicted molar refractivity (Wildman–Crippen MR) is 62.1 cm³/mol. The lowest BCUT2D eigenvalue weighted by molar-refractivity contribution is 0.251. The molecule has 0 bridgehead atoms. The number of halogens is 1. The highest BCUT2D eigenvalue weighted by atomic mass is 35.5. The monoisotopic (exact) mass is 230 g/mol. The molecular weight excluding hydrogens is 216 g/mol. The largest absolute Gasteiger partial charge is 0.315 e. The highest BCUT2D eigenvalue weighted by Gasteiger charge is 2.19. The van der Waals surface area contributed by atoms with E-state index >= 15 is 0 Å². The normalized spacial score (nSPS) is 22.1. The van der Waals surface area contributed by atoms with Gasteiger partial charge in [-0.1, -0.05) is 11.6 Å². The van der Waals surface area contributed by atoms with Crippen molar-refractivity contribution in [1.29, 1.82) is 0 Å². The first-order valence-electron chi connectivity index (χ1n) is 4.91. The second-order valence-electron chi connectivity index (χ2n) is 3.77. The molecule has 4 heteroatoms. The number of nitrogens with zero attached hydrogens (tertiary/aromatic N) is 1. The lowest BCUT2D eigenvalue weighted by Crippen LogP contribution is -2.32. The summed E-state index contributed by atoms with van der Waals surface area (Å²) >= 11 is 7.57. The highest BCUT2D eigenvalue weighted by molar-refractivity contribution is 7.16. The molecule has 0 aromatic carbocycles. The third-order valence-corrected chi connectivity index (χ3v) is 3.91. The number of likely N-dealkylation sites (N-methyl/N-ethyl adjacent to an activating group) is 1. The summed E-state index contributed by atoms with van der Waals surface area (Å²) in [5.74, 6) is 0. The third kappa shape index (κ3) is 2.48. The van der Waals surface area contributed by atoms with Gasteiger partial charge in [0.05, 0.1) is 4.34 Å². The van der Waals surface area contributed by atoms with E-state index in [0.29, 0.717) is 6.04 Å². The van der Waals surface area contributed by atoms with E-state index in [1.807, 2.05) is 6.07 Å². The summed E-state index contributed by atoms with van der Waals surface area (Å²) in [6.07, 6.45) is 1.26. The maximum atomic E-state index is 5.89. The van der Waals surface area contributed by atoms with E-state index in [-0.39, 0.29) is 0 Å². The molecule has 1 aliphatic heterocycles. The van der Waals surface area contributed by atoms with Gasteiger partial charge in [0, 0.05) is 24.0 Å². The number of rotatable bonds is 3. The average Bonchev–Trinajstić information content (AvgIpc) is 2.75. The summed E-state index contributed by atoms with van der Waals surface area (Å²) in [6.45, 7) is 3.29. The Kier molecular flexibility index (Phi) is 3.44. The molecule has 1 unspecified atom stereocenters. The van der Waals surface area contributed by atoms with Gasteiger partial charge in [0.1, 0.15) is 0 Å². The zero-order valence-corrected chi connectivity index (χ0v) is 9.87. The molecule has 78 valence electrons. The van der Waals surface area contributed by atoms with E-state index in [4.69, 9.17) is 11.6 Å². The van der Waals surface area contributed by atoms with Crippen LogP contribution in [-0.2, 0) is 6.54 Å². The van der Waals surface area contributed by atoms with Gasteiger partial charge in [-0.15, -0.1) is 11.3 Å². The van der Waals surface area contributed by atoms with Crippen molar-refractivity contribution in [2.45, 2.75) is 19.0 Å². The molecule has 1 fully saturated rings. The molecule has 2 rings (SSSR count). The van der Waals surface area contributed by atoms with Crippen molar-refractivity contribution < 1.29 is 0 Å². The Hall–Kier alpha value is -0.0900. The Balaban J connectivity index is 1.90. The van der Waals surface area contributed by atoms with Crippen molar-refractivity contribution in [1.82, 2.24) is 10.2 Å². The minimum Gasteiger partial charge on any atom is -0.315 e. The molecule has 1 aliphatic rings. The van der Waals surface area contributed by atoms with Crippen LogP contribution in [-0.4, -0.2) is 31.1 Å². The Labute approximate surface area is 93.9 Å². The van der Waals surface area contributed by atoms with Gasteiger partial charge in [-0.3, -0.25) is 4.90 Å². The van der Waals surface area contributed by atoms with Crippen molar-refractivity contribution in [3.05, 3.63) is 21.3 Å². The van der Waals surface area contributed by atoms with Crippen LogP contribution in [0.1, 0.15) is 11.3 Å². The number of nitrogens with one attached hydrogen (secondary N) is 1. The van der Waals surface area contributed by atoms with Crippen LogP contribution in [0.3, 0.4) is 0 Å². The predicted octanol–water partition coefficient (Wildman–Crippen LogP) is 2.20. The van der Waals surface area contributed by atoms with Crippen LogP contribution >= 0.6 is 22.9 Å². The lowest BCUT2D eigenvalue weighted by Gasteiger charge is -2.22. The molecule has 0 spiro atoms. The molecule has 1 aromatic heterocycles. The van der Waals surface area contributed by atoms with Crippen molar-refractivity contribution in [2.75, 3.05) is 20.1 Å². The lowest BCUT2D eigenvalue weighted by atomic mass is 10.2. The molecule has 1 atom stereocenters. The summed E-state index contributed by atoms with van der Waals surface area (Å²) in [5.41, 5.74) is 0. The van der Waals surface area contributed by atoms with Crippen molar-refractivity contribution in [2.24, 2.45) is 0 Å². The Morgan fingerprint density at radius 3 is 3.07 bits per heavy atom. The number of hydrogen-bond acceptors (Lipinski definition) is 3. The smallest absolute Gasteiger partial charge is 0.0931 e. The fourth-order valence-electron chi connectivity index (χ4n) is 1.83. The summed E-state index contributed by atoms with van der Waals surface area (Å²) < 4.78 is 0.887. The summed E-state index contributed by atoms with van der Waals surface area (Å²) in [7, 11) is 2.19. The van der Waals surface area contributed by atoms with Gasteiger partial charge in [0.15, 0.2) is 0 Å². The Morgan fingerprint density at radius 2 is 2.50 bits per heavy atom. The summed E-state index contributed by atoms with van der Waals surface area (Å²) in [5, 5.41) is 3.38. The SMILES string of the molecule is CN(Cc1ccc(Cl)s1)C1CCNC1. The fourth-order valence-corrected chi connectivity index (χ4v) is 2.98. The van der Waals surface area contributed by atoms with Crippen LogP contribution in [0.2, 0.25) is 4.34 Å². The second kappa shape index (κ2) is 4.62. The van der Waals surface area contributed by atoms with Crippen molar-refractivity contribution in [3.8, 4) is 0 Å². The number of thiophene rings is 1. The van der Waals surface area contributed by atoms with Crippen LogP contribution in [0.15, 0.2) is 12.1 Å². The molecule has 0 amide bonds. The van der Waals surface area contributed by atoms with Gasteiger partial charge in [0.25, 0.3) is 0 Å². The van der Waals surface area contributed by atoms with Gasteiger partial charge < -0.3 is 5.32 Å². The molecule has 0 radical (unpaired) electrons. The zero-order chi connectivity index (χ0) is 9.97. The van der Waals surface area contributed by atoms with Gasteiger partial charge >= 0.3 is 0 Å². The third-order valence-electron chi connectivity index (χ3n) is 2.69. The molecule has 0 aliphatic carbocycles. The molecule has 1 aromatic rings. The van der Waals surface area contributed by atoms with E-state index in [9.17, 15) is 0 Å². The van der Waals surface area contributed by atoms with E-state index in [1.54, 1.807) is 11.3 Å². The van der Waals surface area contributed by atoms with Crippen LogP contribution in [0.5, 0.6) is 0 Å². The molecule has 1 saturated heterocycles. The van der Waals surface area contributed by atoms with Crippen LogP contribution in [0, 0.1) is 0 Å². The van der Waals surface area contributed by atoms with Crippen LogP contribution in [0.4, 0.5) is 0 Å². The molecule has 2 nitrogen and oxygen atoms in total. The van der Waals surface area contributed by atoms with Crippen LogP contribution < -0.4 is 5.32 Å². The molecular formula is C10H15ClN2S. The van der Waals surface area contributed by atoms with E-state index < -0.39 is 0 Å². The van der Waals surface area contributed by atoms with Crippen LogP contribution in [0.25, 0.3) is 0 Å². The van der Waals surface area contributed by atoms with Crippen molar-refractivity contribution >= 4 is 22.9 Å². The minimum absolute atomic E-state index is 0.691. The minimum atomic E-state index is 0.691. The first kappa shape index (κ1) is 10.4. The molecule has 2 heterocycles. The quantitative estimate of drug-likeness (QED) is 0.857. The fraction of sp³-hybridized carbons (Fsp3) is 0.600. The molecule has 14 heavy (non-hydrogen) atoms. The maximum absolute atomic E-state index is 5.89. The second-order valence-corrected chi connectivity index (χ2v) is 5.57. The van der Waals surface area contributed by atoms with E-state index in [2.05, 4.69) is 23.3 Å². The average molecular weight is 231 g/mol. The van der Waals surface area contributed by atoms with Gasteiger partial charge in [0.2, 0.25) is 0 Å². The van der Waals surface area contributed by atoms with Crippen molar-refractivity contribution in [3.63, 3.8) is 0 Å². The first-order chi connectivity index (χ1) is 6.75. The molecule has 1 N–H and O–H groups in total. The zero-order valence-electron chi connectivity index (χ0n) is 8.29. The van der Waals surface area contributed by atoms with E-state index in [1.165, 1.54) is 11.3 Å². The molecule has 0 saturated carbocycles. The van der Waals surface area contributed by atoms with Gasteiger partial charge in [-0.05, 0) is 32.1 Å². The van der Waals surface area contributed by atoms with Gasteiger partial charge in [-0.25, -0.2) is 0 Å². The highest BCUT2D eigenvalue weighted by Crippen LogP contribution is 2.23. The summed E-state index contributed by atoms with van der Waals surface area (Å²) in [4.78, 5) is 3.76. The summed E-state index contributed by atoms with van der Waals surface area (Å²) in [6, 6.07) is 4.78.